The first-order valence-electron chi connectivity index (χ1n) is 7.27. The molecule has 0 saturated carbocycles. The third-order valence-corrected chi connectivity index (χ3v) is 2.84. The molecule has 0 aliphatic rings. The molecular weight excluding hydrogens is 268 g/mol. The van der Waals surface area contributed by atoms with Gasteiger partial charge in [-0.05, 0) is 24.6 Å². The van der Waals surface area contributed by atoms with Crippen molar-refractivity contribution in [1.29, 1.82) is 0 Å². The SMILES string of the molecule is CCc1nc(COc2ccc(CNCC(C)C)nc2)no1. The number of rotatable bonds is 8. The molecule has 114 valence electrons. The van der Waals surface area contributed by atoms with E-state index in [1.807, 2.05) is 19.1 Å². The molecule has 0 unspecified atom stereocenters. The smallest absolute Gasteiger partial charge is 0.226 e. The van der Waals surface area contributed by atoms with Crippen molar-refractivity contribution in [1.82, 2.24) is 20.4 Å². The Hall–Kier alpha value is -1.95. The summed E-state index contributed by atoms with van der Waals surface area (Å²) in [4.78, 5) is 8.54. The van der Waals surface area contributed by atoms with Crippen LogP contribution in [0.3, 0.4) is 0 Å². The Morgan fingerprint density at radius 2 is 2.19 bits per heavy atom. The summed E-state index contributed by atoms with van der Waals surface area (Å²) in [5, 5.41) is 7.19. The van der Waals surface area contributed by atoms with Gasteiger partial charge in [0.1, 0.15) is 5.75 Å². The zero-order chi connectivity index (χ0) is 15.1. The summed E-state index contributed by atoms with van der Waals surface area (Å²) in [6.45, 7) is 8.36. The largest absolute Gasteiger partial charge is 0.484 e. The molecule has 0 radical (unpaired) electrons. The van der Waals surface area contributed by atoms with Gasteiger partial charge in [-0.15, -0.1) is 0 Å². The van der Waals surface area contributed by atoms with Gasteiger partial charge in [0.2, 0.25) is 11.7 Å². The van der Waals surface area contributed by atoms with Crippen LogP contribution in [0.4, 0.5) is 0 Å². The number of nitrogens with zero attached hydrogens (tertiary/aromatic N) is 3. The molecule has 0 spiro atoms. The fourth-order valence-corrected chi connectivity index (χ4v) is 1.73. The molecule has 0 saturated heterocycles. The molecule has 0 aliphatic heterocycles. The highest BCUT2D eigenvalue weighted by molar-refractivity contribution is 5.19. The number of hydrogen-bond donors (Lipinski definition) is 1. The molecule has 21 heavy (non-hydrogen) atoms. The third kappa shape index (κ3) is 5.15. The summed E-state index contributed by atoms with van der Waals surface area (Å²) in [5.41, 5.74) is 0.996. The van der Waals surface area contributed by atoms with Gasteiger partial charge in [-0.2, -0.15) is 4.98 Å². The van der Waals surface area contributed by atoms with Gasteiger partial charge in [0, 0.05) is 13.0 Å². The number of hydrogen-bond acceptors (Lipinski definition) is 6. The van der Waals surface area contributed by atoms with E-state index in [1.54, 1.807) is 6.20 Å². The lowest BCUT2D eigenvalue weighted by Crippen LogP contribution is -2.19. The van der Waals surface area contributed by atoms with E-state index in [0.29, 0.717) is 23.4 Å². The highest BCUT2D eigenvalue weighted by Crippen LogP contribution is 2.11. The van der Waals surface area contributed by atoms with Crippen LogP contribution in [-0.2, 0) is 19.6 Å². The van der Waals surface area contributed by atoms with Crippen molar-refractivity contribution in [3.63, 3.8) is 0 Å². The predicted octanol–water partition coefficient (Wildman–Crippen LogP) is 2.35. The van der Waals surface area contributed by atoms with Crippen molar-refractivity contribution in [2.45, 2.75) is 40.3 Å². The average molecular weight is 290 g/mol. The van der Waals surface area contributed by atoms with Gasteiger partial charge < -0.3 is 14.6 Å². The third-order valence-electron chi connectivity index (χ3n) is 2.84. The first-order chi connectivity index (χ1) is 10.2. The summed E-state index contributed by atoms with van der Waals surface area (Å²) >= 11 is 0. The van der Waals surface area contributed by atoms with Crippen LogP contribution >= 0.6 is 0 Å². The Morgan fingerprint density at radius 3 is 2.81 bits per heavy atom. The van der Waals surface area contributed by atoms with E-state index < -0.39 is 0 Å². The van der Waals surface area contributed by atoms with Crippen molar-refractivity contribution < 1.29 is 9.26 Å². The van der Waals surface area contributed by atoms with Gasteiger partial charge in [-0.3, -0.25) is 4.98 Å². The second-order valence-corrected chi connectivity index (χ2v) is 5.26. The number of nitrogens with one attached hydrogen (secondary N) is 1. The topological polar surface area (TPSA) is 73.1 Å². The molecule has 2 aromatic heterocycles. The normalized spacial score (nSPS) is 11.0. The summed E-state index contributed by atoms with van der Waals surface area (Å²) in [6.07, 6.45) is 2.44. The highest BCUT2D eigenvalue weighted by atomic mass is 16.5. The second-order valence-electron chi connectivity index (χ2n) is 5.26. The minimum Gasteiger partial charge on any atom is -0.484 e. The Bertz CT molecular complexity index is 537. The molecule has 0 bridgehead atoms. The van der Waals surface area contributed by atoms with Crippen molar-refractivity contribution >= 4 is 0 Å². The van der Waals surface area contributed by atoms with Gasteiger partial charge in [-0.1, -0.05) is 25.9 Å². The summed E-state index contributed by atoms with van der Waals surface area (Å²) in [7, 11) is 0. The standard InChI is InChI=1S/C15H22N4O2/c1-4-15-18-14(19-21-15)10-20-13-6-5-12(17-9-13)8-16-7-11(2)3/h5-6,9,11,16H,4,7-8,10H2,1-3H3. The number of aromatic nitrogens is 3. The molecule has 0 amide bonds. The van der Waals surface area contributed by atoms with Crippen LogP contribution in [0.1, 0.15) is 38.2 Å². The van der Waals surface area contributed by atoms with Crippen LogP contribution in [0.15, 0.2) is 22.9 Å². The number of ether oxygens (including phenoxy) is 1. The van der Waals surface area contributed by atoms with Crippen LogP contribution in [0.2, 0.25) is 0 Å². The Labute approximate surface area is 124 Å². The Balaban J connectivity index is 1.79. The number of aryl methyl sites for hydroxylation is 1. The first kappa shape index (κ1) is 15.4. The molecule has 6 heteroatoms. The first-order valence-corrected chi connectivity index (χ1v) is 7.27. The summed E-state index contributed by atoms with van der Waals surface area (Å²) < 4.78 is 10.6. The highest BCUT2D eigenvalue weighted by Gasteiger charge is 2.05. The summed E-state index contributed by atoms with van der Waals surface area (Å²) in [5.74, 6) is 2.51. The minimum absolute atomic E-state index is 0.288. The van der Waals surface area contributed by atoms with E-state index in [-0.39, 0.29) is 6.61 Å². The van der Waals surface area contributed by atoms with Crippen molar-refractivity contribution in [2.24, 2.45) is 5.92 Å². The fraction of sp³-hybridized carbons (Fsp3) is 0.533. The van der Waals surface area contributed by atoms with Crippen LogP contribution in [0, 0.1) is 5.92 Å². The number of pyridine rings is 1. The Morgan fingerprint density at radius 1 is 1.33 bits per heavy atom. The lowest BCUT2D eigenvalue weighted by molar-refractivity contribution is 0.284. The van der Waals surface area contributed by atoms with E-state index in [2.05, 4.69) is 34.3 Å². The maximum Gasteiger partial charge on any atom is 0.226 e. The van der Waals surface area contributed by atoms with Crippen molar-refractivity contribution in [3.8, 4) is 5.75 Å². The molecule has 0 atom stereocenters. The molecular formula is C15H22N4O2. The van der Waals surface area contributed by atoms with Crippen LogP contribution in [0.5, 0.6) is 5.75 Å². The van der Waals surface area contributed by atoms with E-state index in [1.165, 1.54) is 0 Å². The van der Waals surface area contributed by atoms with Crippen LogP contribution < -0.4 is 10.1 Å². The maximum absolute atomic E-state index is 5.58. The average Bonchev–Trinajstić information content (AvgIpc) is 2.94. The molecule has 2 aromatic rings. The second kappa shape index (κ2) is 7.73. The van der Waals surface area contributed by atoms with E-state index >= 15 is 0 Å². The molecule has 2 heterocycles. The zero-order valence-electron chi connectivity index (χ0n) is 12.8. The maximum atomic E-state index is 5.58. The monoisotopic (exact) mass is 290 g/mol. The molecule has 0 aromatic carbocycles. The van der Waals surface area contributed by atoms with Gasteiger partial charge in [0.05, 0.1) is 11.9 Å². The van der Waals surface area contributed by atoms with Gasteiger partial charge in [0.25, 0.3) is 0 Å². The minimum atomic E-state index is 0.288. The molecule has 1 N–H and O–H groups in total. The fourth-order valence-electron chi connectivity index (χ4n) is 1.73. The lowest BCUT2D eigenvalue weighted by atomic mass is 10.2. The van der Waals surface area contributed by atoms with Crippen LogP contribution in [0.25, 0.3) is 0 Å². The lowest BCUT2D eigenvalue weighted by Gasteiger charge is -2.07. The van der Waals surface area contributed by atoms with Crippen molar-refractivity contribution in [2.75, 3.05) is 6.54 Å². The quantitative estimate of drug-likeness (QED) is 0.804. The van der Waals surface area contributed by atoms with E-state index in [4.69, 9.17) is 9.26 Å². The Kier molecular flexibility index (Phi) is 5.68. The summed E-state index contributed by atoms with van der Waals surface area (Å²) in [6, 6.07) is 3.86. The molecule has 2 rings (SSSR count). The van der Waals surface area contributed by atoms with Crippen molar-refractivity contribution in [3.05, 3.63) is 35.7 Å². The molecule has 0 aliphatic carbocycles. The zero-order valence-corrected chi connectivity index (χ0v) is 12.8. The van der Waals surface area contributed by atoms with Gasteiger partial charge in [0.15, 0.2) is 6.61 Å². The van der Waals surface area contributed by atoms with E-state index in [0.717, 1.165) is 25.2 Å². The predicted molar refractivity (Wildman–Crippen MR) is 78.8 cm³/mol. The van der Waals surface area contributed by atoms with Crippen LogP contribution in [-0.4, -0.2) is 21.7 Å². The molecule has 6 nitrogen and oxygen atoms in total. The van der Waals surface area contributed by atoms with E-state index in [9.17, 15) is 0 Å². The van der Waals surface area contributed by atoms with Gasteiger partial charge in [-0.25, -0.2) is 0 Å². The molecule has 0 fully saturated rings. The van der Waals surface area contributed by atoms with Gasteiger partial charge >= 0.3 is 0 Å².